The molecular formula is C22H36N8O. The van der Waals surface area contributed by atoms with Crippen LogP contribution < -0.4 is 16.0 Å². The highest BCUT2D eigenvalue weighted by molar-refractivity contribution is 6.06. The molecule has 1 fully saturated rings. The first-order valence-corrected chi connectivity index (χ1v) is 11.4. The lowest BCUT2D eigenvalue weighted by Crippen LogP contribution is -2.51. The average Bonchev–Trinajstić information content (AvgIpc) is 2.79. The van der Waals surface area contributed by atoms with Crippen molar-refractivity contribution < 1.29 is 4.79 Å². The van der Waals surface area contributed by atoms with E-state index in [9.17, 15) is 4.79 Å². The Balaban J connectivity index is 1.56. The molecule has 0 saturated carbocycles. The van der Waals surface area contributed by atoms with Gasteiger partial charge in [-0.1, -0.05) is 33.1 Å². The lowest BCUT2D eigenvalue weighted by atomic mass is 10.2. The fourth-order valence-electron chi connectivity index (χ4n) is 3.52. The first-order valence-electron chi connectivity index (χ1n) is 11.4. The number of pyridine rings is 1. The van der Waals surface area contributed by atoms with E-state index in [1.165, 1.54) is 12.8 Å². The van der Waals surface area contributed by atoms with Crippen LogP contribution in [-0.4, -0.2) is 78.5 Å². The molecule has 0 aromatic carbocycles. The van der Waals surface area contributed by atoms with E-state index in [0.717, 1.165) is 51.3 Å². The Hall–Kier alpha value is -2.52. The number of aromatic nitrogens is 1. The van der Waals surface area contributed by atoms with Crippen LogP contribution in [0, 0.1) is 0 Å². The maximum Gasteiger partial charge on any atom is 0.252 e. The molecule has 0 radical (unpaired) electrons. The predicted molar refractivity (Wildman–Crippen MR) is 125 cm³/mol. The van der Waals surface area contributed by atoms with E-state index >= 15 is 0 Å². The number of amides is 1. The van der Waals surface area contributed by atoms with Gasteiger partial charge < -0.3 is 20.9 Å². The summed E-state index contributed by atoms with van der Waals surface area (Å²) in [6.45, 7) is 8.87. The van der Waals surface area contributed by atoms with E-state index in [1.54, 1.807) is 18.3 Å². The van der Waals surface area contributed by atoms with Gasteiger partial charge in [0.1, 0.15) is 11.7 Å². The molecule has 9 nitrogen and oxygen atoms in total. The molecule has 0 bridgehead atoms. The smallest absolute Gasteiger partial charge is 0.252 e. The number of rotatable bonds is 9. The molecule has 3 N–H and O–H groups in total. The van der Waals surface area contributed by atoms with E-state index in [4.69, 9.17) is 9.98 Å². The van der Waals surface area contributed by atoms with Crippen LogP contribution in [0.4, 0.5) is 5.82 Å². The van der Waals surface area contributed by atoms with E-state index in [-0.39, 0.29) is 12.2 Å². The molecule has 3 rings (SSSR count). The first kappa shape index (κ1) is 23.1. The Morgan fingerprint density at radius 2 is 1.94 bits per heavy atom. The highest BCUT2D eigenvalue weighted by Crippen LogP contribution is 2.13. The Kier molecular flexibility index (Phi) is 8.78. The van der Waals surface area contributed by atoms with Crippen LogP contribution in [0.25, 0.3) is 0 Å². The van der Waals surface area contributed by atoms with E-state index in [1.807, 2.05) is 0 Å². The number of hydrogen-bond acceptors (Lipinski definition) is 8. The van der Waals surface area contributed by atoms with Gasteiger partial charge in [-0.3, -0.25) is 9.69 Å². The highest BCUT2D eigenvalue weighted by atomic mass is 16.1. The number of unbranched alkanes of at least 4 members (excludes halogenated alkanes) is 3. The minimum absolute atomic E-state index is 0.0841. The number of carbonyl (C=O) groups excluding carboxylic acids is 1. The maximum atomic E-state index is 12.3. The molecule has 1 amide bonds. The van der Waals surface area contributed by atoms with Crippen LogP contribution in [0.2, 0.25) is 0 Å². The third kappa shape index (κ3) is 7.00. The van der Waals surface area contributed by atoms with Crippen molar-refractivity contribution in [1.82, 2.24) is 25.4 Å². The zero-order valence-corrected chi connectivity index (χ0v) is 19.0. The van der Waals surface area contributed by atoms with Gasteiger partial charge in [-0.15, -0.1) is 0 Å². The molecule has 0 aliphatic carbocycles. The van der Waals surface area contributed by atoms with E-state index in [2.05, 4.69) is 51.6 Å². The standard InChI is InChI=1S/C22H36N8O/c1-4-6-7-8-11-23-20(31)17-9-10-19(24-16-17)26-21-25-18(5-2)27-22(28-21)30-14-12-29(3)13-15-30/h9-10,16,22H,4-8,11-15H2,1-3H3,(H,23,31)(H2,24,25,26,27,28). The summed E-state index contributed by atoms with van der Waals surface area (Å²) >= 11 is 0. The Labute approximate surface area is 185 Å². The van der Waals surface area contributed by atoms with Crippen molar-refractivity contribution in [3.8, 4) is 0 Å². The average molecular weight is 429 g/mol. The number of anilines is 1. The van der Waals surface area contributed by atoms with Crippen LogP contribution in [0.1, 0.15) is 56.3 Å². The topological polar surface area (TPSA) is 97.3 Å². The van der Waals surface area contributed by atoms with Crippen molar-refractivity contribution in [2.45, 2.75) is 52.2 Å². The molecular weight excluding hydrogens is 392 g/mol. The van der Waals surface area contributed by atoms with Crippen molar-refractivity contribution in [3.05, 3.63) is 23.9 Å². The molecule has 3 heterocycles. The van der Waals surface area contributed by atoms with Gasteiger partial charge >= 0.3 is 0 Å². The number of likely N-dealkylation sites (N-methyl/N-ethyl adjacent to an activating group) is 1. The van der Waals surface area contributed by atoms with Gasteiger partial charge in [-0.25, -0.2) is 15.0 Å². The number of piperazine rings is 1. The van der Waals surface area contributed by atoms with Gasteiger partial charge in [0, 0.05) is 45.3 Å². The normalized spacial score (nSPS) is 19.9. The third-order valence-corrected chi connectivity index (χ3v) is 5.57. The maximum absolute atomic E-state index is 12.3. The van der Waals surface area contributed by atoms with Crippen molar-refractivity contribution in [1.29, 1.82) is 0 Å². The lowest BCUT2D eigenvalue weighted by molar-refractivity contribution is 0.0952. The van der Waals surface area contributed by atoms with Crippen LogP contribution in [0.15, 0.2) is 28.3 Å². The predicted octanol–water partition coefficient (Wildman–Crippen LogP) is 2.10. The summed E-state index contributed by atoms with van der Waals surface area (Å²) in [7, 11) is 2.14. The summed E-state index contributed by atoms with van der Waals surface area (Å²) in [4.78, 5) is 30.8. The Bertz CT molecular complexity index is 768. The fourth-order valence-corrected chi connectivity index (χ4v) is 3.52. The number of guanidine groups is 1. The van der Waals surface area contributed by atoms with Crippen LogP contribution in [0.3, 0.4) is 0 Å². The Morgan fingerprint density at radius 3 is 2.61 bits per heavy atom. The van der Waals surface area contributed by atoms with Gasteiger partial charge in [0.25, 0.3) is 5.91 Å². The molecule has 1 aromatic rings. The number of aliphatic imine (C=N–C) groups is 2. The molecule has 0 spiro atoms. The zero-order chi connectivity index (χ0) is 22.1. The third-order valence-electron chi connectivity index (χ3n) is 5.57. The first-order chi connectivity index (χ1) is 15.1. The number of amidine groups is 1. The minimum atomic E-state index is -0.217. The summed E-state index contributed by atoms with van der Waals surface area (Å²) in [5, 5.41) is 9.43. The second-order valence-corrected chi connectivity index (χ2v) is 8.09. The molecule has 1 unspecified atom stereocenters. The molecule has 2 aliphatic heterocycles. The number of nitrogens with one attached hydrogen (secondary N) is 3. The van der Waals surface area contributed by atoms with Crippen molar-refractivity contribution in [2.24, 2.45) is 9.98 Å². The monoisotopic (exact) mass is 428 g/mol. The van der Waals surface area contributed by atoms with Crippen molar-refractivity contribution >= 4 is 23.5 Å². The second-order valence-electron chi connectivity index (χ2n) is 8.09. The van der Waals surface area contributed by atoms with Gasteiger partial charge in [-0.2, -0.15) is 0 Å². The van der Waals surface area contributed by atoms with Crippen LogP contribution in [0.5, 0.6) is 0 Å². The second kappa shape index (κ2) is 11.8. The van der Waals surface area contributed by atoms with Gasteiger partial charge in [-0.05, 0) is 25.6 Å². The summed E-state index contributed by atoms with van der Waals surface area (Å²) in [6.07, 6.45) is 6.73. The van der Waals surface area contributed by atoms with Crippen molar-refractivity contribution in [2.75, 3.05) is 45.1 Å². The quantitative estimate of drug-likeness (QED) is 0.521. The molecule has 2 aliphatic rings. The summed E-state index contributed by atoms with van der Waals surface area (Å²) < 4.78 is 0. The molecule has 170 valence electrons. The molecule has 9 heteroatoms. The van der Waals surface area contributed by atoms with E-state index in [0.29, 0.717) is 23.9 Å². The fraction of sp³-hybridized carbons (Fsp3) is 0.636. The summed E-state index contributed by atoms with van der Waals surface area (Å²) in [5.74, 6) is 2.09. The largest absolute Gasteiger partial charge is 0.352 e. The van der Waals surface area contributed by atoms with Gasteiger partial charge in [0.15, 0.2) is 0 Å². The number of nitrogens with zero attached hydrogens (tertiary/aromatic N) is 5. The Morgan fingerprint density at radius 1 is 1.13 bits per heavy atom. The molecule has 1 saturated heterocycles. The SMILES string of the molecule is CCCCCCNC(=O)c1ccc(NC2=NC(N3CCN(C)CC3)N=C(CC)N2)nc1. The molecule has 1 aromatic heterocycles. The lowest BCUT2D eigenvalue weighted by Gasteiger charge is -2.36. The minimum Gasteiger partial charge on any atom is -0.352 e. The highest BCUT2D eigenvalue weighted by Gasteiger charge is 2.25. The number of carbonyl (C=O) groups is 1. The van der Waals surface area contributed by atoms with Gasteiger partial charge in [0.2, 0.25) is 12.2 Å². The van der Waals surface area contributed by atoms with Gasteiger partial charge in [0.05, 0.1) is 5.56 Å². The molecule has 31 heavy (non-hydrogen) atoms. The van der Waals surface area contributed by atoms with Crippen molar-refractivity contribution in [3.63, 3.8) is 0 Å². The van der Waals surface area contributed by atoms with Crippen LogP contribution in [-0.2, 0) is 0 Å². The van der Waals surface area contributed by atoms with Crippen LogP contribution >= 0.6 is 0 Å². The molecule has 1 atom stereocenters. The number of hydrogen-bond donors (Lipinski definition) is 3. The zero-order valence-electron chi connectivity index (χ0n) is 19.0. The van der Waals surface area contributed by atoms with E-state index < -0.39 is 0 Å². The summed E-state index contributed by atoms with van der Waals surface area (Å²) in [5.41, 5.74) is 0.561. The summed E-state index contributed by atoms with van der Waals surface area (Å²) in [6, 6.07) is 3.59.